The van der Waals surface area contributed by atoms with Crippen LogP contribution in [0.5, 0.6) is 0 Å². The largest absolute Gasteiger partial charge is 0.351 e. The molecular formula is C13H26O3. The van der Waals surface area contributed by atoms with Crippen molar-refractivity contribution >= 4 is 0 Å². The van der Waals surface area contributed by atoms with Gasteiger partial charge in [0.1, 0.15) is 0 Å². The molecule has 0 spiro atoms. The summed E-state index contributed by atoms with van der Waals surface area (Å²) in [5, 5.41) is 9.02. The fourth-order valence-electron chi connectivity index (χ4n) is 2.48. The molecule has 1 rings (SSSR count). The van der Waals surface area contributed by atoms with E-state index in [9.17, 15) is 0 Å². The molecule has 16 heavy (non-hydrogen) atoms. The Hall–Kier alpha value is -0.120. The highest BCUT2D eigenvalue weighted by Gasteiger charge is 2.30. The number of rotatable bonds is 2. The molecule has 3 heteroatoms. The smallest absolute Gasteiger partial charge is 0.201 e. The van der Waals surface area contributed by atoms with Crippen LogP contribution in [-0.4, -0.2) is 18.2 Å². The first kappa shape index (κ1) is 13.9. The Morgan fingerprint density at radius 3 is 1.44 bits per heavy atom. The molecule has 0 heterocycles. The van der Waals surface area contributed by atoms with Gasteiger partial charge in [0.05, 0.1) is 0 Å². The van der Waals surface area contributed by atoms with Crippen LogP contribution in [0.2, 0.25) is 0 Å². The Balaban J connectivity index is 2.41. The summed E-state index contributed by atoms with van der Waals surface area (Å²) in [5.41, 5.74) is 0. The summed E-state index contributed by atoms with van der Waals surface area (Å²) in [5.74, 6) is -0.737. The topological polar surface area (TPSA) is 38.7 Å². The van der Waals surface area contributed by atoms with E-state index in [0.29, 0.717) is 0 Å². The molecule has 0 aliphatic heterocycles. The summed E-state index contributed by atoms with van der Waals surface area (Å²) in [7, 11) is 1.63. The molecule has 3 nitrogen and oxygen atoms in total. The highest BCUT2D eigenvalue weighted by molar-refractivity contribution is 4.69. The first-order valence-electron chi connectivity index (χ1n) is 6.71. The third-order valence-corrected chi connectivity index (χ3v) is 3.65. The van der Waals surface area contributed by atoms with Crippen molar-refractivity contribution in [3.63, 3.8) is 0 Å². The van der Waals surface area contributed by atoms with E-state index < -0.39 is 5.79 Å². The van der Waals surface area contributed by atoms with E-state index in [0.717, 1.165) is 25.7 Å². The number of hydrogen-bond acceptors (Lipinski definition) is 3. The maximum atomic E-state index is 9.02. The van der Waals surface area contributed by atoms with Gasteiger partial charge in [-0.3, -0.25) is 0 Å². The Labute approximate surface area is 99.1 Å². The van der Waals surface area contributed by atoms with Gasteiger partial charge in [-0.25, -0.2) is 10.1 Å². The predicted molar refractivity (Wildman–Crippen MR) is 64.2 cm³/mol. The lowest BCUT2D eigenvalue weighted by Crippen LogP contribution is -2.34. The molecule has 0 radical (unpaired) electrons. The summed E-state index contributed by atoms with van der Waals surface area (Å²) in [6.07, 6.45) is 12.9. The van der Waals surface area contributed by atoms with E-state index in [2.05, 4.69) is 4.89 Å². The van der Waals surface area contributed by atoms with Gasteiger partial charge in [0.25, 0.3) is 0 Å². The van der Waals surface area contributed by atoms with Crippen LogP contribution in [0.4, 0.5) is 0 Å². The van der Waals surface area contributed by atoms with E-state index in [4.69, 9.17) is 9.99 Å². The number of ether oxygens (including phenoxy) is 1. The Morgan fingerprint density at radius 1 is 0.750 bits per heavy atom. The van der Waals surface area contributed by atoms with E-state index in [1.807, 2.05) is 0 Å². The van der Waals surface area contributed by atoms with Crippen LogP contribution in [0, 0.1) is 0 Å². The Bertz CT molecular complexity index is 153. The monoisotopic (exact) mass is 230 g/mol. The minimum atomic E-state index is -0.737. The van der Waals surface area contributed by atoms with E-state index in [-0.39, 0.29) is 0 Å². The normalized spacial score (nSPS) is 24.4. The lowest BCUT2D eigenvalue weighted by molar-refractivity contribution is -0.403. The quantitative estimate of drug-likeness (QED) is 0.440. The second-order valence-corrected chi connectivity index (χ2v) is 4.89. The molecule has 0 aromatic rings. The molecule has 1 aliphatic carbocycles. The number of methoxy groups -OCH3 is 1. The highest BCUT2D eigenvalue weighted by atomic mass is 17.1. The van der Waals surface area contributed by atoms with Crippen molar-refractivity contribution in [3.8, 4) is 0 Å². The molecule has 0 atom stereocenters. The van der Waals surface area contributed by atoms with Crippen LogP contribution in [0.15, 0.2) is 0 Å². The van der Waals surface area contributed by atoms with E-state index in [1.165, 1.54) is 44.9 Å². The van der Waals surface area contributed by atoms with Crippen molar-refractivity contribution in [1.82, 2.24) is 0 Å². The fourth-order valence-corrected chi connectivity index (χ4v) is 2.48. The van der Waals surface area contributed by atoms with E-state index >= 15 is 0 Å². The van der Waals surface area contributed by atoms with Crippen LogP contribution in [0.1, 0.15) is 70.6 Å². The third-order valence-electron chi connectivity index (χ3n) is 3.65. The van der Waals surface area contributed by atoms with Gasteiger partial charge in [-0.15, -0.1) is 0 Å². The van der Waals surface area contributed by atoms with Crippen molar-refractivity contribution < 1.29 is 14.9 Å². The van der Waals surface area contributed by atoms with Crippen molar-refractivity contribution in [3.05, 3.63) is 0 Å². The fraction of sp³-hybridized carbons (Fsp3) is 1.00. The van der Waals surface area contributed by atoms with Crippen LogP contribution >= 0.6 is 0 Å². The van der Waals surface area contributed by atoms with Gasteiger partial charge >= 0.3 is 0 Å². The molecule has 1 aliphatic rings. The minimum Gasteiger partial charge on any atom is -0.351 e. The second kappa shape index (κ2) is 8.04. The van der Waals surface area contributed by atoms with Crippen molar-refractivity contribution in [2.75, 3.05) is 7.11 Å². The molecule has 0 aromatic heterocycles. The molecule has 0 amide bonds. The average molecular weight is 230 g/mol. The van der Waals surface area contributed by atoms with Gasteiger partial charge in [-0.05, 0) is 12.8 Å². The molecule has 1 saturated carbocycles. The molecule has 1 fully saturated rings. The van der Waals surface area contributed by atoms with Gasteiger partial charge in [0.2, 0.25) is 5.79 Å². The SMILES string of the molecule is COC1(OO)CCCCCCCCCCC1. The zero-order valence-corrected chi connectivity index (χ0v) is 10.5. The summed E-state index contributed by atoms with van der Waals surface area (Å²) in [6.45, 7) is 0. The van der Waals surface area contributed by atoms with E-state index in [1.54, 1.807) is 7.11 Å². The maximum absolute atomic E-state index is 9.02. The van der Waals surface area contributed by atoms with Crippen molar-refractivity contribution in [2.45, 2.75) is 76.4 Å². The second-order valence-electron chi connectivity index (χ2n) is 4.89. The molecule has 0 bridgehead atoms. The van der Waals surface area contributed by atoms with Crippen molar-refractivity contribution in [1.29, 1.82) is 0 Å². The lowest BCUT2D eigenvalue weighted by Gasteiger charge is -2.29. The molecule has 0 aromatic carbocycles. The summed E-state index contributed by atoms with van der Waals surface area (Å²) < 4.78 is 5.36. The number of hydrogen-bond donors (Lipinski definition) is 1. The standard InChI is InChI=1S/C13H26O3/c1-15-13(16-14)11-9-7-5-3-2-4-6-8-10-12-13/h14H,2-12H2,1H3. The maximum Gasteiger partial charge on any atom is 0.201 e. The first-order valence-corrected chi connectivity index (χ1v) is 6.71. The van der Waals surface area contributed by atoms with Gasteiger partial charge in [-0.2, -0.15) is 0 Å². The molecule has 0 saturated heterocycles. The Morgan fingerprint density at radius 2 is 1.12 bits per heavy atom. The molecule has 0 unspecified atom stereocenters. The molecule has 1 N–H and O–H groups in total. The third kappa shape index (κ3) is 4.81. The van der Waals surface area contributed by atoms with Crippen molar-refractivity contribution in [2.24, 2.45) is 0 Å². The molecule has 96 valence electrons. The predicted octanol–water partition coefficient (Wildman–Crippen LogP) is 4.12. The zero-order chi connectivity index (χ0) is 11.7. The molecular weight excluding hydrogens is 204 g/mol. The summed E-state index contributed by atoms with van der Waals surface area (Å²) in [4.78, 5) is 4.61. The van der Waals surface area contributed by atoms with Crippen LogP contribution < -0.4 is 0 Å². The van der Waals surface area contributed by atoms with Crippen LogP contribution in [0.3, 0.4) is 0 Å². The first-order chi connectivity index (χ1) is 7.83. The van der Waals surface area contributed by atoms with Gasteiger partial charge in [-0.1, -0.05) is 44.9 Å². The Kier molecular flexibility index (Phi) is 7.01. The zero-order valence-electron chi connectivity index (χ0n) is 10.5. The highest BCUT2D eigenvalue weighted by Crippen LogP contribution is 2.27. The van der Waals surface area contributed by atoms with Gasteiger partial charge < -0.3 is 4.74 Å². The summed E-state index contributed by atoms with van der Waals surface area (Å²) >= 11 is 0. The van der Waals surface area contributed by atoms with Gasteiger partial charge in [0.15, 0.2) is 0 Å². The van der Waals surface area contributed by atoms with Crippen LogP contribution in [-0.2, 0) is 9.62 Å². The summed E-state index contributed by atoms with van der Waals surface area (Å²) in [6, 6.07) is 0. The average Bonchev–Trinajstić information content (AvgIpc) is 2.31. The van der Waals surface area contributed by atoms with Crippen LogP contribution in [0.25, 0.3) is 0 Å². The van der Waals surface area contributed by atoms with Gasteiger partial charge in [0, 0.05) is 20.0 Å². The minimum absolute atomic E-state index is 0.737. The lowest BCUT2D eigenvalue weighted by atomic mass is 9.97.